The zero-order valence-electron chi connectivity index (χ0n) is 39.3. The lowest BCUT2D eigenvalue weighted by molar-refractivity contribution is 0.869. The van der Waals surface area contributed by atoms with E-state index in [2.05, 4.69) is 219 Å². The lowest BCUT2D eigenvalue weighted by atomic mass is 10.1. The molecule has 0 atom stereocenters. The molecule has 0 aliphatic heterocycles. The van der Waals surface area contributed by atoms with Crippen molar-refractivity contribution in [1.29, 1.82) is 0 Å². The SMILES string of the molecule is C=Cc1ccc(C=C)cc1.C=Cc1ccc(Cn2c3ccccc3c3ccccc32)cc1.C=Cc1ccc2ccccc2c1.C=Cc1cccc(C=C)c1.C=Cn1c2ccccc2c2ccccc21. The van der Waals surface area contributed by atoms with Crippen LogP contribution >= 0.6 is 0 Å². The summed E-state index contributed by atoms with van der Waals surface area (Å²) in [6, 6.07) is 73.5. The van der Waals surface area contributed by atoms with E-state index in [0.29, 0.717) is 0 Å². The summed E-state index contributed by atoms with van der Waals surface area (Å²) in [5, 5.41) is 7.76. The standard InChI is InChI=1S/C21H17N.C14H11N.C12H10.2C10H10/c1-2-16-11-13-17(14-12-16)15-22-20-9-5-3-7-18(20)19-8-4-6-10-21(19)22;1-2-15-13-9-5-3-7-11(13)12-8-4-6-10-14(12)15;1-2-10-7-8-11-5-3-4-6-12(11)9-10;1-3-9-5-7-10(4-2)8-6-9;1-3-9-6-5-7-10(4-2)8-9/h2-14H,1,15H2;2-10H,1H2;2-9H,1H2;2*3-8H,1-2H2. The van der Waals surface area contributed by atoms with E-state index in [4.69, 9.17) is 0 Å². The van der Waals surface area contributed by atoms with Crippen LogP contribution in [0.2, 0.25) is 0 Å². The van der Waals surface area contributed by atoms with Gasteiger partial charge in [0.2, 0.25) is 0 Å². The third-order valence-electron chi connectivity index (χ3n) is 11.8. The van der Waals surface area contributed by atoms with Crippen molar-refractivity contribution in [2.75, 3.05) is 0 Å². The van der Waals surface area contributed by atoms with Gasteiger partial charge in [0, 0.05) is 45.3 Å². The van der Waals surface area contributed by atoms with Gasteiger partial charge in [-0.15, -0.1) is 0 Å². The fourth-order valence-corrected chi connectivity index (χ4v) is 8.18. The van der Waals surface area contributed by atoms with E-state index in [9.17, 15) is 0 Å². The van der Waals surface area contributed by atoms with Gasteiger partial charge in [-0.2, -0.15) is 0 Å². The Bertz CT molecular complexity index is 3380. The van der Waals surface area contributed by atoms with E-state index in [1.54, 1.807) is 0 Å². The first kappa shape index (κ1) is 48.0. The number of benzene rings is 9. The molecule has 0 bridgehead atoms. The van der Waals surface area contributed by atoms with Crippen molar-refractivity contribution in [3.05, 3.63) is 297 Å². The molecule has 0 aliphatic carbocycles. The van der Waals surface area contributed by atoms with Crippen LogP contribution in [0.5, 0.6) is 0 Å². The molecule has 2 heteroatoms. The smallest absolute Gasteiger partial charge is 0.0534 e. The molecule has 0 saturated heterocycles. The summed E-state index contributed by atoms with van der Waals surface area (Å²) in [5.41, 5.74) is 13.2. The average molecular weight is 891 g/mol. The van der Waals surface area contributed by atoms with Crippen LogP contribution in [-0.2, 0) is 6.54 Å². The predicted molar refractivity (Wildman–Crippen MR) is 308 cm³/mol. The van der Waals surface area contributed by atoms with Crippen molar-refractivity contribution in [3.63, 3.8) is 0 Å². The van der Waals surface area contributed by atoms with Crippen LogP contribution in [0.25, 0.3) is 97.0 Å². The molecule has 11 aromatic rings. The maximum atomic E-state index is 3.87. The number of para-hydroxylation sites is 4. The largest absolute Gasteiger partial charge is 0.336 e. The fourth-order valence-electron chi connectivity index (χ4n) is 8.18. The minimum atomic E-state index is 0.880. The molecule has 0 aliphatic rings. The van der Waals surface area contributed by atoms with Crippen molar-refractivity contribution in [3.8, 4) is 0 Å². The minimum absolute atomic E-state index is 0.880. The van der Waals surface area contributed by atoms with Crippen LogP contribution in [-0.4, -0.2) is 9.13 Å². The second-order valence-corrected chi connectivity index (χ2v) is 16.1. The quantitative estimate of drug-likeness (QED) is 0.137. The molecule has 0 saturated carbocycles. The number of hydrogen-bond donors (Lipinski definition) is 0. The third kappa shape index (κ3) is 11.9. The van der Waals surface area contributed by atoms with Crippen molar-refractivity contribution >= 4 is 97.0 Å². The maximum absolute atomic E-state index is 3.87. The number of rotatable bonds is 9. The van der Waals surface area contributed by atoms with E-state index in [-0.39, 0.29) is 0 Å². The molecule has 336 valence electrons. The summed E-state index contributed by atoms with van der Waals surface area (Å²) in [7, 11) is 0. The van der Waals surface area contributed by atoms with Crippen LogP contribution in [0.4, 0.5) is 0 Å². The number of nitrogens with zero attached hydrogens (tertiary/aromatic N) is 2. The number of hydrogen-bond acceptors (Lipinski definition) is 0. The van der Waals surface area contributed by atoms with Crippen LogP contribution in [0.3, 0.4) is 0 Å². The highest BCUT2D eigenvalue weighted by Gasteiger charge is 2.10. The molecule has 0 N–H and O–H groups in total. The molecule has 2 nitrogen and oxygen atoms in total. The van der Waals surface area contributed by atoms with Crippen molar-refractivity contribution < 1.29 is 0 Å². The van der Waals surface area contributed by atoms with E-state index >= 15 is 0 Å². The van der Waals surface area contributed by atoms with Gasteiger partial charge >= 0.3 is 0 Å². The Hall–Kier alpha value is -8.98. The summed E-state index contributed by atoms with van der Waals surface area (Å²) in [4.78, 5) is 0. The van der Waals surface area contributed by atoms with Crippen molar-refractivity contribution in [2.24, 2.45) is 0 Å². The summed E-state index contributed by atoms with van der Waals surface area (Å²) in [6.45, 7) is 27.0. The van der Waals surface area contributed by atoms with Crippen LogP contribution in [0.15, 0.2) is 258 Å². The van der Waals surface area contributed by atoms with E-state index in [1.165, 1.54) is 65.5 Å². The first-order valence-corrected chi connectivity index (χ1v) is 23.0. The van der Waals surface area contributed by atoms with Crippen LogP contribution < -0.4 is 0 Å². The summed E-state index contributed by atoms with van der Waals surface area (Å²) >= 11 is 0. The second-order valence-electron chi connectivity index (χ2n) is 16.1. The molecule has 0 radical (unpaired) electrons. The molecule has 2 aromatic heterocycles. The first-order chi connectivity index (χ1) is 33.9. The highest BCUT2D eigenvalue weighted by molar-refractivity contribution is 6.09. The molecule has 0 unspecified atom stereocenters. The normalized spacial score (nSPS) is 10.2. The topological polar surface area (TPSA) is 9.86 Å². The third-order valence-corrected chi connectivity index (χ3v) is 11.8. The van der Waals surface area contributed by atoms with E-state index in [1.807, 2.05) is 91.2 Å². The van der Waals surface area contributed by atoms with E-state index < -0.39 is 0 Å². The van der Waals surface area contributed by atoms with Gasteiger partial charge in [0.05, 0.1) is 11.0 Å². The Labute approximate surface area is 408 Å². The van der Waals surface area contributed by atoms with Gasteiger partial charge in [0.1, 0.15) is 0 Å². The molecule has 69 heavy (non-hydrogen) atoms. The average Bonchev–Trinajstić information content (AvgIpc) is 3.93. The van der Waals surface area contributed by atoms with Gasteiger partial charge in [0.15, 0.2) is 0 Å². The molecule has 0 fully saturated rings. The predicted octanol–water partition coefficient (Wildman–Crippen LogP) is 18.8. The van der Waals surface area contributed by atoms with Crippen LogP contribution in [0.1, 0.15) is 38.9 Å². The highest BCUT2D eigenvalue weighted by atomic mass is 15.0. The van der Waals surface area contributed by atoms with Gasteiger partial charge in [-0.25, -0.2) is 0 Å². The second kappa shape index (κ2) is 24.0. The first-order valence-electron chi connectivity index (χ1n) is 23.0. The summed E-state index contributed by atoms with van der Waals surface area (Å²) in [6.07, 6.45) is 12.9. The molecule has 0 amide bonds. The monoisotopic (exact) mass is 890 g/mol. The Morgan fingerprint density at radius 2 is 0.638 bits per heavy atom. The summed E-state index contributed by atoms with van der Waals surface area (Å²) < 4.78 is 4.53. The van der Waals surface area contributed by atoms with Gasteiger partial charge in [-0.1, -0.05) is 258 Å². The molecule has 11 rings (SSSR count). The Kier molecular flexibility index (Phi) is 16.7. The maximum Gasteiger partial charge on any atom is 0.0534 e. The van der Waals surface area contributed by atoms with E-state index in [0.717, 1.165) is 34.4 Å². The lowest BCUT2D eigenvalue weighted by Gasteiger charge is -2.08. The number of fused-ring (bicyclic) bond motifs is 7. The molecular formula is C67H58N2. The highest BCUT2D eigenvalue weighted by Crippen LogP contribution is 2.30. The summed E-state index contributed by atoms with van der Waals surface area (Å²) in [5.74, 6) is 0. The fraction of sp³-hybridized carbons (Fsp3) is 0.0149. The molecule has 9 aromatic carbocycles. The molecular weight excluding hydrogens is 833 g/mol. The van der Waals surface area contributed by atoms with Crippen molar-refractivity contribution in [2.45, 2.75) is 6.54 Å². The number of aromatic nitrogens is 2. The Morgan fingerprint density at radius 1 is 0.290 bits per heavy atom. The zero-order valence-corrected chi connectivity index (χ0v) is 39.3. The Balaban J connectivity index is 0.000000133. The van der Waals surface area contributed by atoms with Gasteiger partial charge < -0.3 is 9.13 Å². The molecule has 0 spiro atoms. The minimum Gasteiger partial charge on any atom is -0.336 e. The van der Waals surface area contributed by atoms with Gasteiger partial charge in [0.25, 0.3) is 0 Å². The zero-order chi connectivity index (χ0) is 48.4. The Morgan fingerprint density at radius 3 is 1.07 bits per heavy atom. The molecule has 2 heterocycles. The lowest BCUT2D eigenvalue weighted by Crippen LogP contribution is -1.99. The van der Waals surface area contributed by atoms with Crippen molar-refractivity contribution in [1.82, 2.24) is 9.13 Å². The van der Waals surface area contributed by atoms with Crippen LogP contribution in [0, 0.1) is 0 Å². The van der Waals surface area contributed by atoms with Gasteiger partial charge in [-0.05, 0) is 86.1 Å². The van der Waals surface area contributed by atoms with Gasteiger partial charge in [-0.3, -0.25) is 0 Å².